The Morgan fingerprint density at radius 1 is 1.18 bits per heavy atom. The van der Waals surface area contributed by atoms with E-state index in [4.69, 9.17) is 9.26 Å². The number of aromatic nitrogens is 2. The van der Waals surface area contributed by atoms with Crippen LogP contribution in [-0.2, 0) is 4.79 Å². The third-order valence-electron chi connectivity index (χ3n) is 5.12. The molecule has 0 N–H and O–H groups in total. The Bertz CT molecular complexity index is 937. The zero-order chi connectivity index (χ0) is 19.5. The van der Waals surface area contributed by atoms with Gasteiger partial charge in [0, 0.05) is 18.5 Å². The highest BCUT2D eigenvalue weighted by Gasteiger charge is 2.37. The number of hydrogen-bond donors (Lipinski definition) is 0. The lowest BCUT2D eigenvalue weighted by Gasteiger charge is -2.24. The van der Waals surface area contributed by atoms with Gasteiger partial charge in [-0.15, -0.1) is 0 Å². The third kappa shape index (κ3) is 3.63. The molecule has 6 heteroatoms. The number of hydrogen-bond acceptors (Lipinski definition) is 5. The van der Waals surface area contributed by atoms with E-state index in [0.717, 1.165) is 16.9 Å². The van der Waals surface area contributed by atoms with E-state index in [1.807, 2.05) is 66.4 Å². The zero-order valence-corrected chi connectivity index (χ0v) is 16.0. The van der Waals surface area contributed by atoms with Crippen LogP contribution < -0.4 is 4.74 Å². The minimum Gasteiger partial charge on any atom is -0.494 e. The van der Waals surface area contributed by atoms with E-state index in [1.165, 1.54) is 0 Å². The summed E-state index contributed by atoms with van der Waals surface area (Å²) >= 11 is 0. The standard InChI is InChI=1S/C22H23N3O3/c1-3-27-19-11-9-17(10-12-19)21-23-22(28-24-21)18-13-20(26)25(14-18)15(2)16-7-5-4-6-8-16/h4-12,15,18H,3,13-14H2,1-2H3. The Balaban J connectivity index is 1.48. The maximum absolute atomic E-state index is 12.6. The molecule has 2 heterocycles. The topological polar surface area (TPSA) is 68.5 Å². The first-order valence-electron chi connectivity index (χ1n) is 9.57. The first-order valence-corrected chi connectivity index (χ1v) is 9.57. The summed E-state index contributed by atoms with van der Waals surface area (Å²) in [5, 5.41) is 4.10. The van der Waals surface area contributed by atoms with Gasteiger partial charge in [-0.1, -0.05) is 35.5 Å². The lowest BCUT2D eigenvalue weighted by molar-refractivity contribution is -0.129. The molecule has 1 fully saturated rings. The molecular formula is C22H23N3O3. The van der Waals surface area contributed by atoms with Gasteiger partial charge in [0.05, 0.1) is 18.6 Å². The number of rotatable bonds is 6. The molecule has 0 bridgehead atoms. The van der Waals surface area contributed by atoms with Crippen molar-refractivity contribution in [2.45, 2.75) is 32.2 Å². The molecule has 0 aliphatic carbocycles. The molecule has 0 saturated carbocycles. The van der Waals surface area contributed by atoms with E-state index < -0.39 is 0 Å². The Morgan fingerprint density at radius 2 is 1.93 bits per heavy atom. The summed E-state index contributed by atoms with van der Waals surface area (Å²) in [4.78, 5) is 19.0. The number of carbonyl (C=O) groups is 1. The van der Waals surface area contributed by atoms with Crippen LogP contribution in [0.3, 0.4) is 0 Å². The molecule has 6 nitrogen and oxygen atoms in total. The molecule has 1 amide bonds. The maximum Gasteiger partial charge on any atom is 0.232 e. The van der Waals surface area contributed by atoms with Crippen molar-refractivity contribution in [3.05, 3.63) is 66.1 Å². The largest absolute Gasteiger partial charge is 0.494 e. The van der Waals surface area contributed by atoms with Gasteiger partial charge in [0.1, 0.15) is 5.75 Å². The van der Waals surface area contributed by atoms with Gasteiger partial charge in [0.25, 0.3) is 0 Å². The summed E-state index contributed by atoms with van der Waals surface area (Å²) < 4.78 is 10.9. The van der Waals surface area contributed by atoms with Crippen molar-refractivity contribution in [1.29, 1.82) is 0 Å². The molecule has 4 rings (SSSR count). The van der Waals surface area contributed by atoms with Crippen molar-refractivity contribution in [3.8, 4) is 17.1 Å². The predicted molar refractivity (Wildman–Crippen MR) is 105 cm³/mol. The molecule has 1 aliphatic rings. The average Bonchev–Trinajstić information content (AvgIpc) is 3.36. The fraction of sp³-hybridized carbons (Fsp3) is 0.318. The second-order valence-electron chi connectivity index (χ2n) is 6.95. The number of nitrogens with zero attached hydrogens (tertiary/aromatic N) is 3. The van der Waals surface area contributed by atoms with Crippen LogP contribution in [0.1, 0.15) is 43.7 Å². The van der Waals surface area contributed by atoms with Gasteiger partial charge >= 0.3 is 0 Å². The molecule has 2 unspecified atom stereocenters. The molecule has 0 radical (unpaired) electrons. The summed E-state index contributed by atoms with van der Waals surface area (Å²) in [5.74, 6) is 1.88. The van der Waals surface area contributed by atoms with Crippen molar-refractivity contribution in [2.75, 3.05) is 13.2 Å². The smallest absolute Gasteiger partial charge is 0.232 e. The predicted octanol–water partition coefficient (Wildman–Crippen LogP) is 4.21. The molecule has 0 spiro atoms. The van der Waals surface area contributed by atoms with Crippen molar-refractivity contribution >= 4 is 5.91 Å². The Morgan fingerprint density at radius 3 is 2.64 bits per heavy atom. The second kappa shape index (κ2) is 7.84. The molecular weight excluding hydrogens is 354 g/mol. The molecule has 2 aromatic carbocycles. The zero-order valence-electron chi connectivity index (χ0n) is 16.0. The first-order chi connectivity index (χ1) is 13.7. The highest BCUT2D eigenvalue weighted by Crippen LogP contribution is 2.34. The number of benzene rings is 2. The Kier molecular flexibility index (Phi) is 5.10. The molecule has 144 valence electrons. The van der Waals surface area contributed by atoms with Gasteiger partial charge < -0.3 is 14.2 Å². The highest BCUT2D eigenvalue weighted by molar-refractivity contribution is 5.80. The lowest BCUT2D eigenvalue weighted by atomic mass is 10.1. The molecule has 1 aromatic heterocycles. The van der Waals surface area contributed by atoms with Crippen LogP contribution in [0.5, 0.6) is 5.75 Å². The highest BCUT2D eigenvalue weighted by atomic mass is 16.5. The van der Waals surface area contributed by atoms with Crippen molar-refractivity contribution in [3.63, 3.8) is 0 Å². The third-order valence-corrected chi connectivity index (χ3v) is 5.12. The summed E-state index contributed by atoms with van der Waals surface area (Å²) in [5.41, 5.74) is 1.98. The summed E-state index contributed by atoms with van der Waals surface area (Å²) in [6, 6.07) is 17.7. The maximum atomic E-state index is 12.6. The van der Waals surface area contributed by atoms with Gasteiger partial charge in [0.2, 0.25) is 17.6 Å². The summed E-state index contributed by atoms with van der Waals surface area (Å²) in [6.07, 6.45) is 0.391. The van der Waals surface area contributed by atoms with Gasteiger partial charge in [-0.3, -0.25) is 4.79 Å². The van der Waals surface area contributed by atoms with Gasteiger partial charge in [-0.25, -0.2) is 0 Å². The van der Waals surface area contributed by atoms with Crippen LogP contribution in [0.4, 0.5) is 0 Å². The van der Waals surface area contributed by atoms with Crippen LogP contribution in [0.25, 0.3) is 11.4 Å². The molecule has 1 aliphatic heterocycles. The van der Waals surface area contributed by atoms with Crippen LogP contribution in [0.2, 0.25) is 0 Å². The number of ether oxygens (including phenoxy) is 1. The van der Waals surface area contributed by atoms with Gasteiger partial charge in [-0.05, 0) is 43.7 Å². The minimum absolute atomic E-state index is 0.0206. The first kappa shape index (κ1) is 18.2. The average molecular weight is 377 g/mol. The quantitative estimate of drug-likeness (QED) is 0.644. The van der Waals surface area contributed by atoms with Crippen LogP contribution in [0, 0.1) is 0 Å². The van der Waals surface area contributed by atoms with E-state index in [9.17, 15) is 4.79 Å². The summed E-state index contributed by atoms with van der Waals surface area (Å²) in [7, 11) is 0. The van der Waals surface area contributed by atoms with E-state index in [1.54, 1.807) is 0 Å². The normalized spacial score (nSPS) is 17.7. The molecule has 1 saturated heterocycles. The Hall–Kier alpha value is -3.15. The van der Waals surface area contributed by atoms with Crippen LogP contribution in [0.15, 0.2) is 59.1 Å². The molecule has 2 atom stereocenters. The second-order valence-corrected chi connectivity index (χ2v) is 6.95. The monoisotopic (exact) mass is 377 g/mol. The number of amides is 1. The van der Waals surface area contributed by atoms with Crippen LogP contribution >= 0.6 is 0 Å². The fourth-order valence-corrected chi connectivity index (χ4v) is 3.57. The van der Waals surface area contributed by atoms with E-state index in [0.29, 0.717) is 31.3 Å². The fourth-order valence-electron chi connectivity index (χ4n) is 3.57. The summed E-state index contributed by atoms with van der Waals surface area (Å²) in [6.45, 7) is 5.21. The van der Waals surface area contributed by atoms with E-state index >= 15 is 0 Å². The SMILES string of the molecule is CCOc1ccc(-c2noc(C3CC(=O)N(C(C)c4ccccc4)C3)n2)cc1. The van der Waals surface area contributed by atoms with Crippen molar-refractivity contribution in [2.24, 2.45) is 0 Å². The van der Waals surface area contributed by atoms with E-state index in [2.05, 4.69) is 17.1 Å². The molecule has 28 heavy (non-hydrogen) atoms. The van der Waals surface area contributed by atoms with Crippen molar-refractivity contribution in [1.82, 2.24) is 15.0 Å². The molecule has 3 aromatic rings. The van der Waals surface area contributed by atoms with Gasteiger partial charge in [-0.2, -0.15) is 4.98 Å². The van der Waals surface area contributed by atoms with Crippen LogP contribution in [-0.4, -0.2) is 34.1 Å². The minimum atomic E-state index is -0.0809. The van der Waals surface area contributed by atoms with E-state index in [-0.39, 0.29) is 17.9 Å². The number of carbonyl (C=O) groups excluding carboxylic acids is 1. The van der Waals surface area contributed by atoms with Crippen molar-refractivity contribution < 1.29 is 14.1 Å². The van der Waals surface area contributed by atoms with Gasteiger partial charge in [0.15, 0.2) is 0 Å². The number of likely N-dealkylation sites (tertiary alicyclic amines) is 1. The Labute approximate surface area is 164 Å². The lowest BCUT2D eigenvalue weighted by Crippen LogP contribution is -2.28.